The fraction of sp³-hybridized carbons (Fsp3) is 0.857. The maximum Gasteiger partial charge on any atom is 0.0894 e. The van der Waals surface area contributed by atoms with Gasteiger partial charge in [-0.2, -0.15) is 5.26 Å². The third-order valence-electron chi connectivity index (χ3n) is 1.26. The molecule has 0 aliphatic rings. The molecule has 0 aromatic heterocycles. The molecule has 2 atom stereocenters. The third-order valence-corrected chi connectivity index (χ3v) is 1.26. The summed E-state index contributed by atoms with van der Waals surface area (Å²) in [4.78, 5) is 0. The second-order valence-corrected chi connectivity index (χ2v) is 2.52. The Labute approximate surface area is 66.5 Å². The molecule has 64 valence electrons. The predicted molar refractivity (Wildman–Crippen MR) is 40.7 cm³/mol. The second kappa shape index (κ2) is 6.10. The number of hydrogen-bond acceptors (Lipinski definition) is 4. The number of rotatable bonds is 5. The molecule has 0 radical (unpaired) electrons. The first-order chi connectivity index (χ1) is 5.20. The molecule has 3 N–H and O–H groups in total. The van der Waals surface area contributed by atoms with E-state index < -0.39 is 6.10 Å². The molecule has 0 heterocycles. The van der Waals surface area contributed by atoms with Crippen LogP contribution in [-0.2, 0) is 0 Å². The Hall–Kier alpha value is -0.630. The summed E-state index contributed by atoms with van der Waals surface area (Å²) in [6, 6.07) is 2.05. The van der Waals surface area contributed by atoms with Crippen LogP contribution >= 0.6 is 0 Å². The molecule has 0 aliphatic heterocycles. The Morgan fingerprint density at radius 3 is 2.64 bits per heavy atom. The Kier molecular flexibility index (Phi) is 5.75. The van der Waals surface area contributed by atoms with Gasteiger partial charge in [0.25, 0.3) is 0 Å². The van der Waals surface area contributed by atoms with Crippen LogP contribution in [0.4, 0.5) is 0 Å². The molecule has 4 heteroatoms. The molecule has 2 unspecified atom stereocenters. The van der Waals surface area contributed by atoms with Crippen LogP contribution in [0.2, 0.25) is 0 Å². The Bertz CT molecular complexity index is 133. The zero-order chi connectivity index (χ0) is 8.69. The average Bonchev–Trinajstić information content (AvgIpc) is 2.04. The van der Waals surface area contributed by atoms with Crippen molar-refractivity contribution in [1.29, 1.82) is 5.26 Å². The highest BCUT2D eigenvalue weighted by atomic mass is 16.3. The monoisotopic (exact) mass is 158 g/mol. The minimum Gasteiger partial charge on any atom is -0.394 e. The van der Waals surface area contributed by atoms with Gasteiger partial charge < -0.3 is 15.5 Å². The lowest BCUT2D eigenvalue weighted by atomic mass is 10.2. The van der Waals surface area contributed by atoms with Crippen LogP contribution in [0.15, 0.2) is 0 Å². The third kappa shape index (κ3) is 5.80. The van der Waals surface area contributed by atoms with E-state index in [1.165, 1.54) is 0 Å². The van der Waals surface area contributed by atoms with Crippen molar-refractivity contribution >= 4 is 0 Å². The van der Waals surface area contributed by atoms with E-state index >= 15 is 0 Å². The van der Waals surface area contributed by atoms with E-state index in [9.17, 15) is 0 Å². The molecule has 0 bridgehead atoms. The molecule has 0 aromatic rings. The molecule has 4 nitrogen and oxygen atoms in total. The van der Waals surface area contributed by atoms with Gasteiger partial charge in [-0.1, -0.05) is 0 Å². The lowest BCUT2D eigenvalue weighted by molar-refractivity contribution is 0.0942. The zero-order valence-electron chi connectivity index (χ0n) is 6.62. The molecule has 0 fully saturated rings. The van der Waals surface area contributed by atoms with Crippen LogP contribution in [0, 0.1) is 17.2 Å². The number of nitriles is 1. The van der Waals surface area contributed by atoms with E-state index in [4.69, 9.17) is 15.5 Å². The summed E-state index contributed by atoms with van der Waals surface area (Å²) in [5.74, 6) is -0.0547. The molecule has 0 amide bonds. The topological polar surface area (TPSA) is 76.3 Å². The van der Waals surface area contributed by atoms with Gasteiger partial charge in [0.15, 0.2) is 0 Å². The maximum atomic E-state index is 8.85. The van der Waals surface area contributed by atoms with Crippen molar-refractivity contribution in [2.45, 2.75) is 13.0 Å². The van der Waals surface area contributed by atoms with E-state index in [1.54, 1.807) is 6.92 Å². The summed E-state index contributed by atoms with van der Waals surface area (Å²) in [5, 5.41) is 28.5. The van der Waals surface area contributed by atoms with Gasteiger partial charge in [0.1, 0.15) is 0 Å². The van der Waals surface area contributed by atoms with Gasteiger partial charge in [-0.15, -0.1) is 0 Å². The molecule has 11 heavy (non-hydrogen) atoms. The van der Waals surface area contributed by atoms with Crippen molar-refractivity contribution < 1.29 is 10.2 Å². The van der Waals surface area contributed by atoms with Gasteiger partial charge in [0.05, 0.1) is 24.7 Å². The number of nitrogens with zero attached hydrogens (tertiary/aromatic N) is 1. The SMILES string of the molecule is CC(C#N)CNCC(O)CO. The van der Waals surface area contributed by atoms with Gasteiger partial charge in [-0.25, -0.2) is 0 Å². The zero-order valence-corrected chi connectivity index (χ0v) is 6.62. The highest BCUT2D eigenvalue weighted by molar-refractivity contribution is 4.80. The van der Waals surface area contributed by atoms with Gasteiger partial charge >= 0.3 is 0 Å². The largest absolute Gasteiger partial charge is 0.394 e. The van der Waals surface area contributed by atoms with Gasteiger partial charge in [0.2, 0.25) is 0 Å². The van der Waals surface area contributed by atoms with Crippen LogP contribution in [0.5, 0.6) is 0 Å². The van der Waals surface area contributed by atoms with Crippen molar-refractivity contribution in [1.82, 2.24) is 5.32 Å². The number of nitrogens with one attached hydrogen (secondary N) is 1. The lowest BCUT2D eigenvalue weighted by Gasteiger charge is -2.08. The summed E-state index contributed by atoms with van der Waals surface area (Å²) < 4.78 is 0. The highest BCUT2D eigenvalue weighted by Crippen LogP contribution is 1.87. The summed E-state index contributed by atoms with van der Waals surface area (Å²) in [6.45, 7) is 2.43. The number of hydrogen-bond donors (Lipinski definition) is 3. The second-order valence-electron chi connectivity index (χ2n) is 2.52. The summed E-state index contributed by atoms with van der Waals surface area (Å²) in [7, 11) is 0. The van der Waals surface area contributed by atoms with Gasteiger partial charge in [0, 0.05) is 13.1 Å². The first-order valence-electron chi connectivity index (χ1n) is 3.60. The Balaban J connectivity index is 3.21. The average molecular weight is 158 g/mol. The minimum absolute atomic E-state index is 0.0547. The molecular weight excluding hydrogens is 144 g/mol. The Morgan fingerprint density at radius 1 is 1.55 bits per heavy atom. The van der Waals surface area contributed by atoms with E-state index in [0.717, 1.165) is 0 Å². The quantitative estimate of drug-likeness (QED) is 0.484. The normalized spacial score (nSPS) is 15.5. The van der Waals surface area contributed by atoms with E-state index in [1.807, 2.05) is 0 Å². The molecule has 0 rings (SSSR count). The minimum atomic E-state index is -0.721. The summed E-state index contributed by atoms with van der Waals surface area (Å²) in [6.07, 6.45) is -0.721. The van der Waals surface area contributed by atoms with Crippen LogP contribution in [0.3, 0.4) is 0 Å². The van der Waals surface area contributed by atoms with Crippen LogP contribution in [-0.4, -0.2) is 36.0 Å². The van der Waals surface area contributed by atoms with E-state index in [-0.39, 0.29) is 12.5 Å². The summed E-state index contributed by atoms with van der Waals surface area (Å²) >= 11 is 0. The van der Waals surface area contributed by atoms with E-state index in [0.29, 0.717) is 13.1 Å². The van der Waals surface area contributed by atoms with Crippen LogP contribution in [0.1, 0.15) is 6.92 Å². The Morgan fingerprint density at radius 2 is 2.18 bits per heavy atom. The lowest BCUT2D eigenvalue weighted by Crippen LogP contribution is -2.31. The van der Waals surface area contributed by atoms with E-state index in [2.05, 4.69) is 11.4 Å². The molecule has 0 saturated carbocycles. The predicted octanol–water partition coefficient (Wildman–Crippen LogP) is -0.911. The standard InChI is InChI=1S/C7H14N2O2/c1-6(2-8)3-9-4-7(11)5-10/h6-7,9-11H,3-5H2,1H3. The molecule has 0 spiro atoms. The first kappa shape index (κ1) is 10.4. The number of aliphatic hydroxyl groups excluding tert-OH is 2. The highest BCUT2D eigenvalue weighted by Gasteiger charge is 2.02. The molecule has 0 aromatic carbocycles. The van der Waals surface area contributed by atoms with Crippen molar-refractivity contribution in [2.24, 2.45) is 5.92 Å². The summed E-state index contributed by atoms with van der Waals surface area (Å²) in [5.41, 5.74) is 0. The van der Waals surface area contributed by atoms with Crippen LogP contribution in [0.25, 0.3) is 0 Å². The fourth-order valence-corrected chi connectivity index (χ4v) is 0.577. The van der Waals surface area contributed by atoms with Crippen molar-refractivity contribution in [3.63, 3.8) is 0 Å². The van der Waals surface area contributed by atoms with Crippen molar-refractivity contribution in [3.05, 3.63) is 0 Å². The van der Waals surface area contributed by atoms with Gasteiger partial charge in [-0.3, -0.25) is 0 Å². The van der Waals surface area contributed by atoms with Crippen LogP contribution < -0.4 is 5.32 Å². The van der Waals surface area contributed by atoms with Crippen molar-refractivity contribution in [3.8, 4) is 6.07 Å². The molecular formula is C7H14N2O2. The van der Waals surface area contributed by atoms with Gasteiger partial charge in [-0.05, 0) is 6.92 Å². The van der Waals surface area contributed by atoms with Crippen molar-refractivity contribution in [2.75, 3.05) is 19.7 Å². The first-order valence-corrected chi connectivity index (χ1v) is 3.60. The fourth-order valence-electron chi connectivity index (χ4n) is 0.577. The molecule has 0 saturated heterocycles. The maximum absolute atomic E-state index is 8.85. The number of aliphatic hydroxyl groups is 2. The smallest absolute Gasteiger partial charge is 0.0894 e. The molecule has 0 aliphatic carbocycles.